The van der Waals surface area contributed by atoms with Crippen molar-refractivity contribution in [2.75, 3.05) is 17.2 Å². The Morgan fingerprint density at radius 3 is 2.12 bits per heavy atom. The Morgan fingerprint density at radius 2 is 1.51 bits per heavy atom. The highest BCUT2D eigenvalue weighted by Gasteiger charge is 2.26. The Hall–Kier alpha value is -4.43. The summed E-state index contributed by atoms with van der Waals surface area (Å²) in [5.74, 6) is -0.681. The predicted octanol–water partition coefficient (Wildman–Crippen LogP) is 7.48. The summed E-state index contributed by atoms with van der Waals surface area (Å²) < 4.78 is 11.2. The molecule has 212 valence electrons. The molecule has 0 bridgehead atoms. The number of amides is 2. The molecule has 0 saturated heterocycles. The molecule has 0 aliphatic heterocycles. The predicted molar refractivity (Wildman–Crippen MR) is 164 cm³/mol. The number of ether oxygens (including phenoxy) is 2. The highest BCUT2D eigenvalue weighted by Crippen LogP contribution is 2.40. The number of carbonyl (C=O) groups excluding carboxylic acids is 3. The molecule has 2 N–H and O–H groups in total. The van der Waals surface area contributed by atoms with Crippen molar-refractivity contribution in [3.05, 3.63) is 99.4 Å². The topological polar surface area (TPSA) is 93.7 Å². The van der Waals surface area contributed by atoms with Crippen LogP contribution < -0.4 is 15.4 Å². The van der Waals surface area contributed by atoms with Crippen LogP contribution in [0, 0.1) is 27.7 Å². The van der Waals surface area contributed by atoms with E-state index in [2.05, 4.69) is 10.6 Å². The summed E-state index contributed by atoms with van der Waals surface area (Å²) in [5, 5.41) is 6.28. The second-order valence-electron chi connectivity index (χ2n) is 9.83. The van der Waals surface area contributed by atoms with Gasteiger partial charge >= 0.3 is 5.97 Å². The van der Waals surface area contributed by atoms with Crippen LogP contribution in [0.1, 0.15) is 56.1 Å². The van der Waals surface area contributed by atoms with Gasteiger partial charge in [0.05, 0.1) is 6.61 Å². The lowest BCUT2D eigenvalue weighted by molar-refractivity contribution is -0.122. The summed E-state index contributed by atoms with van der Waals surface area (Å²) in [6, 6.07) is 20.1. The van der Waals surface area contributed by atoms with E-state index in [1.807, 2.05) is 70.2 Å². The first kappa shape index (κ1) is 29.6. The van der Waals surface area contributed by atoms with Gasteiger partial charge in [0.1, 0.15) is 16.3 Å². The average Bonchev–Trinajstić information content (AvgIpc) is 3.26. The van der Waals surface area contributed by atoms with Crippen LogP contribution in [0.2, 0.25) is 0 Å². The number of thiophene rings is 1. The minimum atomic E-state index is -0.757. The van der Waals surface area contributed by atoms with Crippen LogP contribution in [-0.4, -0.2) is 30.5 Å². The molecule has 41 heavy (non-hydrogen) atoms. The van der Waals surface area contributed by atoms with Crippen LogP contribution in [0.3, 0.4) is 0 Å². The Bertz CT molecular complexity index is 1550. The molecule has 1 heterocycles. The molecule has 1 unspecified atom stereocenters. The summed E-state index contributed by atoms with van der Waals surface area (Å²) in [7, 11) is 0. The van der Waals surface area contributed by atoms with Crippen LogP contribution in [0.25, 0.3) is 11.1 Å². The van der Waals surface area contributed by atoms with E-state index in [4.69, 9.17) is 9.47 Å². The van der Waals surface area contributed by atoms with Crippen molar-refractivity contribution in [1.82, 2.24) is 0 Å². The van der Waals surface area contributed by atoms with Gasteiger partial charge in [-0.25, -0.2) is 4.79 Å². The zero-order valence-electron chi connectivity index (χ0n) is 24.1. The summed E-state index contributed by atoms with van der Waals surface area (Å²) in [6.45, 7) is 11.5. The van der Waals surface area contributed by atoms with Gasteiger partial charge in [0, 0.05) is 21.7 Å². The summed E-state index contributed by atoms with van der Waals surface area (Å²) in [4.78, 5) is 39.8. The van der Waals surface area contributed by atoms with Crippen molar-refractivity contribution < 1.29 is 23.9 Å². The smallest absolute Gasteiger partial charge is 0.341 e. The van der Waals surface area contributed by atoms with Gasteiger partial charge in [-0.2, -0.15) is 0 Å². The molecule has 0 spiro atoms. The maximum atomic E-state index is 13.2. The molecule has 8 heteroatoms. The minimum absolute atomic E-state index is 0.220. The lowest BCUT2D eigenvalue weighted by Crippen LogP contribution is -2.30. The van der Waals surface area contributed by atoms with E-state index in [0.717, 1.165) is 38.4 Å². The van der Waals surface area contributed by atoms with E-state index >= 15 is 0 Å². The molecule has 1 atom stereocenters. The SMILES string of the molecule is CCOC(=O)c1c(NC(=O)c2ccc(OC(C)C(=O)Nc3c(C)cc(C)cc3C)cc2)sc(C)c1-c1ccccc1. The minimum Gasteiger partial charge on any atom is -0.481 e. The average molecular weight is 571 g/mol. The first-order valence-electron chi connectivity index (χ1n) is 13.4. The van der Waals surface area contributed by atoms with E-state index in [9.17, 15) is 14.4 Å². The molecule has 4 rings (SSSR count). The third kappa shape index (κ3) is 6.84. The van der Waals surface area contributed by atoms with Gasteiger partial charge < -0.3 is 20.1 Å². The van der Waals surface area contributed by atoms with E-state index < -0.39 is 12.1 Å². The summed E-state index contributed by atoms with van der Waals surface area (Å²) >= 11 is 1.33. The van der Waals surface area contributed by atoms with Crippen LogP contribution in [0.5, 0.6) is 5.75 Å². The fourth-order valence-electron chi connectivity index (χ4n) is 4.70. The molecule has 0 aliphatic rings. The van der Waals surface area contributed by atoms with Crippen LogP contribution in [-0.2, 0) is 9.53 Å². The monoisotopic (exact) mass is 570 g/mol. The quantitative estimate of drug-likeness (QED) is 0.204. The second-order valence-corrected chi connectivity index (χ2v) is 11.1. The van der Waals surface area contributed by atoms with Gasteiger partial charge in [0.25, 0.3) is 11.8 Å². The van der Waals surface area contributed by atoms with Gasteiger partial charge in [0.15, 0.2) is 6.10 Å². The number of nitrogens with one attached hydrogen (secondary N) is 2. The van der Waals surface area contributed by atoms with Crippen LogP contribution in [0.4, 0.5) is 10.7 Å². The van der Waals surface area contributed by atoms with Crippen molar-refractivity contribution in [1.29, 1.82) is 0 Å². The Balaban J connectivity index is 1.47. The van der Waals surface area contributed by atoms with Crippen molar-refractivity contribution in [3.8, 4) is 16.9 Å². The van der Waals surface area contributed by atoms with E-state index in [-0.39, 0.29) is 18.4 Å². The number of benzene rings is 3. The number of esters is 1. The largest absolute Gasteiger partial charge is 0.481 e. The first-order valence-corrected chi connectivity index (χ1v) is 14.2. The van der Waals surface area contributed by atoms with Crippen molar-refractivity contribution in [3.63, 3.8) is 0 Å². The lowest BCUT2D eigenvalue weighted by Gasteiger charge is -2.18. The Labute approximate surface area is 244 Å². The van der Waals surface area contributed by atoms with Gasteiger partial charge in [0.2, 0.25) is 0 Å². The molecule has 2 amide bonds. The fraction of sp³-hybridized carbons (Fsp3) is 0.242. The Morgan fingerprint density at radius 1 is 0.878 bits per heavy atom. The highest BCUT2D eigenvalue weighted by molar-refractivity contribution is 7.17. The summed E-state index contributed by atoms with van der Waals surface area (Å²) in [5.41, 5.74) is 6.23. The number of anilines is 2. The van der Waals surface area contributed by atoms with E-state index in [1.54, 1.807) is 38.1 Å². The maximum Gasteiger partial charge on any atom is 0.341 e. The molecule has 0 saturated carbocycles. The third-order valence-corrected chi connectivity index (χ3v) is 7.60. The number of carbonyl (C=O) groups is 3. The number of aryl methyl sites for hydroxylation is 4. The van der Waals surface area contributed by atoms with Gasteiger partial charge in [-0.3, -0.25) is 9.59 Å². The van der Waals surface area contributed by atoms with E-state index in [0.29, 0.717) is 21.9 Å². The van der Waals surface area contributed by atoms with Crippen LogP contribution in [0.15, 0.2) is 66.7 Å². The normalized spacial score (nSPS) is 11.5. The van der Waals surface area contributed by atoms with Crippen LogP contribution >= 0.6 is 11.3 Å². The first-order chi connectivity index (χ1) is 19.6. The van der Waals surface area contributed by atoms with Gasteiger partial charge in [-0.05, 0) is 82.5 Å². The van der Waals surface area contributed by atoms with Crippen molar-refractivity contribution >= 4 is 39.8 Å². The maximum absolute atomic E-state index is 13.2. The molecular weight excluding hydrogens is 536 g/mol. The number of hydrogen-bond donors (Lipinski definition) is 2. The molecule has 7 nitrogen and oxygen atoms in total. The molecule has 0 aliphatic carbocycles. The zero-order valence-corrected chi connectivity index (χ0v) is 24.9. The molecular formula is C33H34N2O5S. The van der Waals surface area contributed by atoms with Gasteiger partial charge in [-0.1, -0.05) is 48.0 Å². The van der Waals surface area contributed by atoms with Crippen molar-refractivity contribution in [2.45, 2.75) is 47.6 Å². The highest BCUT2D eigenvalue weighted by atomic mass is 32.1. The molecule has 1 aromatic heterocycles. The number of hydrogen-bond acceptors (Lipinski definition) is 6. The molecule has 0 fully saturated rings. The second kappa shape index (κ2) is 12.8. The lowest BCUT2D eigenvalue weighted by atomic mass is 10.0. The van der Waals surface area contributed by atoms with Crippen molar-refractivity contribution in [2.24, 2.45) is 0 Å². The number of rotatable bonds is 9. The zero-order chi connectivity index (χ0) is 29.7. The molecule has 3 aromatic carbocycles. The third-order valence-electron chi connectivity index (χ3n) is 6.58. The molecule has 4 aromatic rings. The van der Waals surface area contributed by atoms with Gasteiger partial charge in [-0.15, -0.1) is 11.3 Å². The molecule has 0 radical (unpaired) electrons. The van der Waals surface area contributed by atoms with E-state index in [1.165, 1.54) is 11.3 Å². The summed E-state index contributed by atoms with van der Waals surface area (Å²) in [6.07, 6.45) is -0.757. The Kier molecular flexibility index (Phi) is 9.24. The fourth-order valence-corrected chi connectivity index (χ4v) is 5.76. The standard InChI is InChI=1S/C33H34N2O5S/c1-7-39-33(38)28-27(24-11-9-8-10-12-24)23(6)41-32(28)35-31(37)25-13-15-26(16-14-25)40-22(5)30(36)34-29-20(3)17-19(2)18-21(29)4/h8-18,22H,7H2,1-6H3,(H,34,36)(H,35,37).